The maximum atomic E-state index is 13.3. The lowest BCUT2D eigenvalue weighted by Crippen LogP contribution is -2.41. The first-order valence-electron chi connectivity index (χ1n) is 13.0. The highest BCUT2D eigenvalue weighted by atomic mass is 35.5. The molecule has 1 aromatic carbocycles. The highest BCUT2D eigenvalue weighted by Crippen LogP contribution is 2.40. The molecule has 0 saturated carbocycles. The number of carbonyl (C=O) groups excluding carboxylic acids is 1. The third kappa shape index (κ3) is 8.10. The van der Waals surface area contributed by atoms with E-state index >= 15 is 0 Å². The first-order chi connectivity index (χ1) is 20.3. The van der Waals surface area contributed by atoms with Crippen molar-refractivity contribution < 1.29 is 39.8 Å². The van der Waals surface area contributed by atoms with Gasteiger partial charge in [0.25, 0.3) is 12.9 Å². The van der Waals surface area contributed by atoms with E-state index in [9.17, 15) is 30.8 Å². The van der Waals surface area contributed by atoms with Crippen molar-refractivity contribution >= 4 is 50.9 Å². The molecule has 2 fully saturated rings. The maximum Gasteiger partial charge on any atom is 0.306 e. The van der Waals surface area contributed by atoms with Crippen LogP contribution in [-0.4, -0.2) is 59.4 Å². The summed E-state index contributed by atoms with van der Waals surface area (Å²) in [6.45, 7) is 1.88. The molecule has 1 amide bonds. The number of likely N-dealkylation sites (tertiary alicyclic amines) is 1. The first-order valence-corrected chi connectivity index (χ1v) is 15.7. The lowest BCUT2D eigenvalue weighted by atomic mass is 9.92. The molecule has 2 aliphatic heterocycles. The molecule has 10 nitrogen and oxygen atoms in total. The van der Waals surface area contributed by atoms with Gasteiger partial charge in [0.15, 0.2) is 0 Å². The van der Waals surface area contributed by atoms with Crippen molar-refractivity contribution in [2.24, 2.45) is 10.9 Å². The van der Waals surface area contributed by atoms with E-state index in [4.69, 9.17) is 32.8 Å². The Kier molecular flexibility index (Phi) is 10.5. The fourth-order valence-corrected chi connectivity index (χ4v) is 5.83. The fourth-order valence-electron chi connectivity index (χ4n) is 4.88. The van der Waals surface area contributed by atoms with Crippen LogP contribution in [0.1, 0.15) is 62.1 Å². The Morgan fingerprint density at radius 3 is 2.58 bits per heavy atom. The second-order valence-electron chi connectivity index (χ2n) is 9.99. The molecule has 17 heteroatoms. The highest BCUT2D eigenvalue weighted by molar-refractivity contribution is 7.86. The Hall–Kier alpha value is -3.08. The van der Waals surface area contributed by atoms with Gasteiger partial charge in [-0.15, -0.1) is 0 Å². The largest absolute Gasteiger partial charge is 0.382 e. The molecule has 1 N–H and O–H groups in total. The number of carbonyl (C=O) groups is 1. The van der Waals surface area contributed by atoms with Crippen molar-refractivity contribution in [3.8, 4) is 5.75 Å². The number of aliphatic imine (C=N–C) groups is 1. The van der Waals surface area contributed by atoms with Crippen molar-refractivity contribution in [3.05, 3.63) is 57.6 Å². The van der Waals surface area contributed by atoms with Crippen molar-refractivity contribution in [1.29, 1.82) is 0 Å². The molecule has 234 valence electrons. The van der Waals surface area contributed by atoms with E-state index in [0.717, 1.165) is 12.0 Å². The lowest BCUT2D eigenvalue weighted by Gasteiger charge is -2.32. The van der Waals surface area contributed by atoms with E-state index in [2.05, 4.69) is 15.6 Å². The summed E-state index contributed by atoms with van der Waals surface area (Å²) in [7, 11) is -3.82. The number of aromatic nitrogens is 2. The van der Waals surface area contributed by atoms with E-state index in [-0.39, 0.29) is 23.1 Å². The molecule has 3 heterocycles. The van der Waals surface area contributed by atoms with Gasteiger partial charge in [0.1, 0.15) is 29.8 Å². The summed E-state index contributed by atoms with van der Waals surface area (Å²) < 4.78 is 81.6. The minimum atomic E-state index is -3.82. The minimum absolute atomic E-state index is 0.0159. The number of nitrogens with one attached hydrogen (secondary N) is 1. The van der Waals surface area contributed by atoms with Crippen LogP contribution in [0.2, 0.25) is 5.02 Å². The summed E-state index contributed by atoms with van der Waals surface area (Å²) >= 11 is 11.5. The van der Waals surface area contributed by atoms with Crippen LogP contribution < -0.4 is 9.66 Å². The molecule has 0 spiro atoms. The van der Waals surface area contributed by atoms with E-state index in [1.54, 1.807) is 12.1 Å². The summed E-state index contributed by atoms with van der Waals surface area (Å²) in [6.07, 6.45) is -4.54. The van der Waals surface area contributed by atoms with Gasteiger partial charge in [-0.25, -0.2) is 17.6 Å². The number of hydrogen-bond acceptors (Lipinski definition) is 9. The SMILES string of the molecule is CC(=NC(C=S)=C1CC(c2c(Cl)cccc2OS(C)(=O)=O)ON1)C1CCN(C(=O)Cn2nc(C(F)F)cc2C(F)F)CC1. The van der Waals surface area contributed by atoms with Crippen molar-refractivity contribution in [2.75, 3.05) is 19.3 Å². The number of rotatable bonds is 10. The second kappa shape index (κ2) is 13.7. The van der Waals surface area contributed by atoms with E-state index in [0.29, 0.717) is 53.6 Å². The predicted octanol–water partition coefficient (Wildman–Crippen LogP) is 5.33. The average Bonchev–Trinajstić information content (AvgIpc) is 3.59. The number of allylic oxidation sites excluding steroid dienone is 1. The molecule has 0 radical (unpaired) electrons. The second-order valence-corrected chi connectivity index (χ2v) is 12.2. The van der Waals surface area contributed by atoms with E-state index < -0.39 is 52.9 Å². The lowest BCUT2D eigenvalue weighted by molar-refractivity contribution is -0.133. The summed E-state index contributed by atoms with van der Waals surface area (Å²) in [5, 5.41) is 5.12. The number of thiocarbonyl (C=S) groups is 1. The molecule has 43 heavy (non-hydrogen) atoms. The summed E-state index contributed by atoms with van der Waals surface area (Å²) in [5.74, 6) is -0.476. The maximum absolute atomic E-state index is 13.3. The summed E-state index contributed by atoms with van der Waals surface area (Å²) in [5.41, 5.74) is 3.33. The van der Waals surface area contributed by atoms with Crippen molar-refractivity contribution in [3.63, 3.8) is 0 Å². The van der Waals surface area contributed by atoms with Crippen LogP contribution >= 0.6 is 23.8 Å². The number of hydroxylamine groups is 1. The molecule has 1 atom stereocenters. The topological polar surface area (TPSA) is 115 Å². The molecule has 0 aliphatic carbocycles. The van der Waals surface area contributed by atoms with Gasteiger partial charge in [0, 0.05) is 42.1 Å². The molecule has 2 saturated heterocycles. The number of piperidine rings is 1. The third-order valence-corrected chi connectivity index (χ3v) is 8.04. The Morgan fingerprint density at radius 2 is 1.98 bits per heavy atom. The number of nitrogens with zero attached hydrogens (tertiary/aromatic N) is 4. The Balaban J connectivity index is 1.41. The molecule has 0 bridgehead atoms. The van der Waals surface area contributed by atoms with Gasteiger partial charge >= 0.3 is 10.1 Å². The van der Waals surface area contributed by atoms with Gasteiger partial charge in [-0.2, -0.15) is 13.5 Å². The Bertz CT molecular complexity index is 1540. The zero-order chi connectivity index (χ0) is 31.5. The molecule has 4 rings (SSSR count). The van der Waals surface area contributed by atoms with Crippen molar-refractivity contribution in [1.82, 2.24) is 20.2 Å². The Morgan fingerprint density at radius 1 is 1.28 bits per heavy atom. The number of benzene rings is 1. The van der Waals surface area contributed by atoms with E-state index in [1.807, 2.05) is 6.92 Å². The van der Waals surface area contributed by atoms with Gasteiger partial charge in [-0.1, -0.05) is 29.9 Å². The quantitative estimate of drug-likeness (QED) is 0.119. The molecule has 2 aromatic rings. The summed E-state index contributed by atoms with van der Waals surface area (Å²) in [4.78, 5) is 24.6. The van der Waals surface area contributed by atoms with Crippen LogP contribution in [0.5, 0.6) is 5.75 Å². The Labute approximate surface area is 255 Å². The fraction of sp³-hybridized carbons (Fsp3) is 0.462. The zero-order valence-corrected chi connectivity index (χ0v) is 25.4. The molecule has 1 unspecified atom stereocenters. The molecular weight excluding hydrogens is 638 g/mol. The highest BCUT2D eigenvalue weighted by Gasteiger charge is 2.31. The van der Waals surface area contributed by atoms with Gasteiger partial charge in [0.2, 0.25) is 5.91 Å². The van der Waals surface area contributed by atoms with Crippen LogP contribution in [0.25, 0.3) is 0 Å². The summed E-state index contributed by atoms with van der Waals surface area (Å²) in [6, 6.07) is 5.23. The van der Waals surface area contributed by atoms with Gasteiger partial charge in [-0.3, -0.25) is 24.8 Å². The van der Waals surface area contributed by atoms with Gasteiger partial charge in [-0.05, 0) is 38.0 Å². The van der Waals surface area contributed by atoms with Crippen LogP contribution in [0.4, 0.5) is 17.6 Å². The first kappa shape index (κ1) is 32.8. The minimum Gasteiger partial charge on any atom is -0.382 e. The van der Waals surface area contributed by atoms with Crippen LogP contribution in [0.15, 0.2) is 40.7 Å². The third-order valence-electron chi connectivity index (χ3n) is 7.01. The van der Waals surface area contributed by atoms with Gasteiger partial charge in [0.05, 0.1) is 22.7 Å². The zero-order valence-electron chi connectivity index (χ0n) is 23.0. The average molecular weight is 666 g/mol. The number of halogens is 5. The standard InChI is InChI=1S/C26H28ClF4N5O5S2/c1-14(15-6-8-35(9-7-15)23(37)12-36-20(26(30)31)10-18(33-36)25(28)29)32-19(13-42)17-11-22(40-34-17)24-16(27)4-3-5-21(24)41-43(2,38)39/h3-5,10,13,15,22,25-26,34H,6-9,11-12H2,1-2H3. The monoisotopic (exact) mass is 665 g/mol. The van der Waals surface area contributed by atoms with Crippen LogP contribution in [0.3, 0.4) is 0 Å². The van der Waals surface area contributed by atoms with Crippen molar-refractivity contribution in [2.45, 2.75) is 51.7 Å². The molecular formula is C26H28ClF4N5O5S2. The molecule has 1 aromatic heterocycles. The van der Waals surface area contributed by atoms with Crippen LogP contribution in [0, 0.1) is 5.92 Å². The number of alkyl halides is 4. The number of amides is 1. The van der Waals surface area contributed by atoms with Crippen LogP contribution in [-0.2, 0) is 26.3 Å². The number of hydrogen-bond donors (Lipinski definition) is 1. The van der Waals surface area contributed by atoms with Gasteiger partial charge < -0.3 is 9.08 Å². The van der Waals surface area contributed by atoms with E-state index in [1.165, 1.54) is 16.3 Å². The normalized spacial score (nSPS) is 19.6. The smallest absolute Gasteiger partial charge is 0.306 e. The molecule has 2 aliphatic rings. The predicted molar refractivity (Wildman–Crippen MR) is 154 cm³/mol.